The molecule has 0 spiro atoms. The Bertz CT molecular complexity index is 631. The van der Waals surface area contributed by atoms with Crippen LogP contribution in [-0.4, -0.2) is 9.97 Å². The van der Waals surface area contributed by atoms with E-state index >= 15 is 0 Å². The highest BCUT2D eigenvalue weighted by Gasteiger charge is 2.09. The van der Waals surface area contributed by atoms with Gasteiger partial charge in [-0.05, 0) is 15.9 Å². The van der Waals surface area contributed by atoms with Gasteiger partial charge in [0.2, 0.25) is 0 Å². The Morgan fingerprint density at radius 1 is 0.882 bits per heavy atom. The third-order valence-corrected chi connectivity index (χ3v) is 4.69. The number of nitrogens with zero attached hydrogens (tertiary/aromatic N) is 2. The van der Waals surface area contributed by atoms with Crippen molar-refractivity contribution in [2.75, 3.05) is 0 Å². The van der Waals surface area contributed by atoms with Gasteiger partial charge in [0.05, 0.1) is 0 Å². The molecule has 0 saturated heterocycles. The minimum atomic E-state index is 0.867. The zero-order valence-corrected chi connectivity index (χ0v) is 11.8. The molecule has 3 aromatic rings. The summed E-state index contributed by atoms with van der Waals surface area (Å²) in [6.07, 6.45) is 0. The molecule has 0 N–H and O–H groups in total. The Labute approximate surface area is 115 Å². The van der Waals surface area contributed by atoms with Crippen molar-refractivity contribution in [2.24, 2.45) is 0 Å². The maximum absolute atomic E-state index is 4.61. The quantitative estimate of drug-likeness (QED) is 0.683. The third kappa shape index (κ3) is 2.31. The first kappa shape index (κ1) is 11.1. The Morgan fingerprint density at radius 3 is 2.35 bits per heavy atom. The van der Waals surface area contributed by atoms with Crippen molar-refractivity contribution in [1.82, 2.24) is 9.97 Å². The summed E-state index contributed by atoms with van der Waals surface area (Å²) in [7, 11) is 0. The molecule has 2 nitrogen and oxygen atoms in total. The first-order valence-electron chi connectivity index (χ1n) is 4.95. The lowest BCUT2D eigenvalue weighted by Crippen LogP contribution is -1.78. The second kappa shape index (κ2) is 4.68. The van der Waals surface area contributed by atoms with Crippen LogP contribution in [0.5, 0.6) is 0 Å². The number of hydrogen-bond acceptors (Lipinski definition) is 4. The fourth-order valence-electron chi connectivity index (χ4n) is 1.46. The van der Waals surface area contributed by atoms with Gasteiger partial charge in [0.15, 0.2) is 0 Å². The standard InChI is InChI=1S/C12H7BrN2S2/c13-10-7-17-12(15-10)9-6-16-11(14-9)8-4-2-1-3-5-8/h1-7H. The minimum Gasteiger partial charge on any atom is -0.234 e. The summed E-state index contributed by atoms with van der Waals surface area (Å²) in [5.74, 6) is 0. The van der Waals surface area contributed by atoms with Crippen LogP contribution >= 0.6 is 38.6 Å². The van der Waals surface area contributed by atoms with Crippen LogP contribution in [0.4, 0.5) is 0 Å². The summed E-state index contributed by atoms with van der Waals surface area (Å²) >= 11 is 6.60. The average molecular weight is 323 g/mol. The molecule has 0 radical (unpaired) electrons. The lowest BCUT2D eigenvalue weighted by atomic mass is 10.2. The molecule has 0 aliphatic rings. The molecular weight excluding hydrogens is 316 g/mol. The molecule has 17 heavy (non-hydrogen) atoms. The zero-order chi connectivity index (χ0) is 11.7. The van der Waals surface area contributed by atoms with Crippen LogP contribution in [0.15, 0.2) is 45.7 Å². The zero-order valence-electron chi connectivity index (χ0n) is 8.63. The highest BCUT2D eigenvalue weighted by molar-refractivity contribution is 9.10. The molecule has 0 bridgehead atoms. The number of halogens is 1. The van der Waals surface area contributed by atoms with E-state index in [0.29, 0.717) is 0 Å². The summed E-state index contributed by atoms with van der Waals surface area (Å²) in [5.41, 5.74) is 2.10. The fourth-order valence-corrected chi connectivity index (χ4v) is 3.56. The molecule has 3 rings (SSSR count). The van der Waals surface area contributed by atoms with E-state index in [1.807, 2.05) is 29.0 Å². The molecule has 0 unspecified atom stereocenters. The summed E-state index contributed by atoms with van der Waals surface area (Å²) in [4.78, 5) is 8.98. The van der Waals surface area contributed by atoms with Crippen molar-refractivity contribution >= 4 is 38.6 Å². The summed E-state index contributed by atoms with van der Waals surface area (Å²) in [6, 6.07) is 10.2. The van der Waals surface area contributed by atoms with Crippen LogP contribution in [0, 0.1) is 0 Å². The summed E-state index contributed by atoms with van der Waals surface area (Å²) in [5, 5.41) is 6.01. The summed E-state index contributed by atoms with van der Waals surface area (Å²) < 4.78 is 0.867. The molecule has 5 heteroatoms. The first-order valence-corrected chi connectivity index (χ1v) is 7.50. The highest BCUT2D eigenvalue weighted by Crippen LogP contribution is 2.31. The molecule has 84 valence electrons. The molecule has 2 aromatic heterocycles. The Balaban J connectivity index is 1.99. The van der Waals surface area contributed by atoms with Gasteiger partial charge in [-0.2, -0.15) is 0 Å². The largest absolute Gasteiger partial charge is 0.234 e. The molecule has 0 amide bonds. The van der Waals surface area contributed by atoms with E-state index in [4.69, 9.17) is 0 Å². The maximum Gasteiger partial charge on any atom is 0.144 e. The molecule has 0 aliphatic heterocycles. The number of benzene rings is 1. The van der Waals surface area contributed by atoms with Crippen LogP contribution in [0.2, 0.25) is 0 Å². The van der Waals surface area contributed by atoms with E-state index in [-0.39, 0.29) is 0 Å². The lowest BCUT2D eigenvalue weighted by molar-refractivity contribution is 1.31. The minimum absolute atomic E-state index is 0.867. The van der Waals surface area contributed by atoms with Crippen LogP contribution in [0.1, 0.15) is 0 Å². The van der Waals surface area contributed by atoms with Crippen LogP contribution in [0.25, 0.3) is 21.3 Å². The molecular formula is C12H7BrN2S2. The van der Waals surface area contributed by atoms with E-state index < -0.39 is 0 Å². The second-order valence-electron chi connectivity index (χ2n) is 3.38. The number of aromatic nitrogens is 2. The molecule has 0 fully saturated rings. The SMILES string of the molecule is Brc1csc(-c2csc(-c3ccccc3)n2)n1. The van der Waals surface area contributed by atoms with Gasteiger partial charge in [-0.25, -0.2) is 9.97 Å². The molecule has 0 saturated carbocycles. The Morgan fingerprint density at radius 2 is 1.65 bits per heavy atom. The number of rotatable bonds is 2. The van der Waals surface area contributed by atoms with Gasteiger partial charge < -0.3 is 0 Å². The lowest BCUT2D eigenvalue weighted by Gasteiger charge is -1.93. The van der Waals surface area contributed by atoms with Crippen molar-refractivity contribution in [2.45, 2.75) is 0 Å². The molecule has 2 heterocycles. The van der Waals surface area contributed by atoms with E-state index in [1.54, 1.807) is 22.7 Å². The number of thiazole rings is 2. The predicted octanol–water partition coefficient (Wildman–Crippen LogP) is 4.70. The van der Waals surface area contributed by atoms with Crippen LogP contribution in [0.3, 0.4) is 0 Å². The van der Waals surface area contributed by atoms with Crippen molar-refractivity contribution in [3.63, 3.8) is 0 Å². The van der Waals surface area contributed by atoms with Crippen molar-refractivity contribution in [3.8, 4) is 21.3 Å². The van der Waals surface area contributed by atoms with Gasteiger partial charge in [-0.1, -0.05) is 30.3 Å². The number of hydrogen-bond donors (Lipinski definition) is 0. The molecule has 1 aromatic carbocycles. The smallest absolute Gasteiger partial charge is 0.144 e. The second-order valence-corrected chi connectivity index (χ2v) is 5.91. The van der Waals surface area contributed by atoms with Crippen molar-refractivity contribution in [1.29, 1.82) is 0 Å². The molecule has 0 atom stereocenters. The maximum atomic E-state index is 4.61. The monoisotopic (exact) mass is 322 g/mol. The van der Waals surface area contributed by atoms with Crippen molar-refractivity contribution < 1.29 is 0 Å². The summed E-state index contributed by atoms with van der Waals surface area (Å²) in [6.45, 7) is 0. The topological polar surface area (TPSA) is 25.8 Å². The predicted molar refractivity (Wildman–Crippen MR) is 76.4 cm³/mol. The first-order chi connectivity index (χ1) is 8.33. The van der Waals surface area contributed by atoms with E-state index in [1.165, 1.54) is 0 Å². The highest BCUT2D eigenvalue weighted by atomic mass is 79.9. The van der Waals surface area contributed by atoms with Gasteiger partial charge >= 0.3 is 0 Å². The van der Waals surface area contributed by atoms with Gasteiger partial charge in [-0.3, -0.25) is 0 Å². The third-order valence-electron chi connectivity index (χ3n) is 2.22. The van der Waals surface area contributed by atoms with E-state index in [0.717, 1.165) is 25.9 Å². The molecule has 0 aliphatic carbocycles. The van der Waals surface area contributed by atoms with Gasteiger partial charge in [-0.15, -0.1) is 22.7 Å². The van der Waals surface area contributed by atoms with E-state index in [2.05, 4.69) is 38.0 Å². The fraction of sp³-hybridized carbons (Fsp3) is 0. The van der Waals surface area contributed by atoms with Gasteiger partial charge in [0.1, 0.15) is 20.3 Å². The normalized spacial score (nSPS) is 10.6. The van der Waals surface area contributed by atoms with Crippen molar-refractivity contribution in [3.05, 3.63) is 45.7 Å². The van der Waals surface area contributed by atoms with Crippen LogP contribution in [-0.2, 0) is 0 Å². The van der Waals surface area contributed by atoms with Gasteiger partial charge in [0.25, 0.3) is 0 Å². The Kier molecular flexibility index (Phi) is 3.05. The Hall–Kier alpha value is -1.04. The average Bonchev–Trinajstić information content (AvgIpc) is 2.98. The van der Waals surface area contributed by atoms with Gasteiger partial charge in [0, 0.05) is 16.3 Å². The van der Waals surface area contributed by atoms with E-state index in [9.17, 15) is 0 Å². The van der Waals surface area contributed by atoms with Crippen LogP contribution < -0.4 is 0 Å².